The topological polar surface area (TPSA) is 29.3 Å². The molecule has 1 aromatic carbocycles. The molecular formula is C11H16Cl2N2. The Labute approximate surface area is 101 Å². The van der Waals surface area contributed by atoms with Gasteiger partial charge in [0.05, 0.1) is 10.0 Å². The highest BCUT2D eigenvalue weighted by Crippen LogP contribution is 2.26. The van der Waals surface area contributed by atoms with Crippen LogP contribution in [0, 0.1) is 0 Å². The third-order valence-electron chi connectivity index (χ3n) is 2.11. The van der Waals surface area contributed by atoms with Gasteiger partial charge in [-0.3, -0.25) is 0 Å². The summed E-state index contributed by atoms with van der Waals surface area (Å²) in [5, 5.41) is 1.21. The zero-order valence-corrected chi connectivity index (χ0v) is 10.5. The summed E-state index contributed by atoms with van der Waals surface area (Å²) in [7, 11) is 4.00. The summed E-state index contributed by atoms with van der Waals surface area (Å²) in [6.07, 6.45) is 0.748. The Hall–Kier alpha value is -0.280. The second kappa shape index (κ2) is 5.71. The summed E-state index contributed by atoms with van der Waals surface area (Å²) in [4.78, 5) is 2.06. The van der Waals surface area contributed by atoms with E-state index in [9.17, 15) is 0 Å². The highest BCUT2D eigenvalue weighted by molar-refractivity contribution is 6.42. The van der Waals surface area contributed by atoms with Gasteiger partial charge in [-0.1, -0.05) is 35.3 Å². The highest BCUT2D eigenvalue weighted by atomic mass is 35.5. The molecule has 1 unspecified atom stereocenters. The fourth-order valence-electron chi connectivity index (χ4n) is 1.52. The zero-order valence-electron chi connectivity index (χ0n) is 9.00. The lowest BCUT2D eigenvalue weighted by molar-refractivity contribution is 0.371. The van der Waals surface area contributed by atoms with E-state index < -0.39 is 0 Å². The molecule has 0 saturated carbocycles. The van der Waals surface area contributed by atoms with Crippen molar-refractivity contribution in [2.45, 2.75) is 12.5 Å². The molecule has 84 valence electrons. The van der Waals surface area contributed by atoms with Crippen LogP contribution in [-0.4, -0.2) is 31.6 Å². The number of benzene rings is 1. The van der Waals surface area contributed by atoms with Crippen molar-refractivity contribution in [3.8, 4) is 0 Å². The van der Waals surface area contributed by atoms with Gasteiger partial charge in [-0.15, -0.1) is 0 Å². The minimum atomic E-state index is 0.0796. The van der Waals surface area contributed by atoms with Crippen molar-refractivity contribution in [2.24, 2.45) is 5.73 Å². The summed E-state index contributed by atoms with van der Waals surface area (Å²) in [6, 6.07) is 5.72. The van der Waals surface area contributed by atoms with Crippen molar-refractivity contribution >= 4 is 23.2 Å². The van der Waals surface area contributed by atoms with Crippen LogP contribution in [0.1, 0.15) is 5.56 Å². The lowest BCUT2D eigenvalue weighted by Gasteiger charge is -2.17. The molecule has 15 heavy (non-hydrogen) atoms. The van der Waals surface area contributed by atoms with Crippen LogP contribution in [0.15, 0.2) is 18.2 Å². The molecule has 0 aliphatic carbocycles. The number of rotatable bonds is 4. The Balaban J connectivity index is 2.68. The summed E-state index contributed by atoms with van der Waals surface area (Å²) in [5.41, 5.74) is 6.99. The molecule has 0 fully saturated rings. The van der Waals surface area contributed by atoms with E-state index in [1.54, 1.807) is 6.07 Å². The SMILES string of the molecule is CN(C)CC(N)Cc1cccc(Cl)c1Cl. The second-order valence-corrected chi connectivity index (χ2v) is 4.72. The van der Waals surface area contributed by atoms with Crippen molar-refractivity contribution in [2.75, 3.05) is 20.6 Å². The fraction of sp³-hybridized carbons (Fsp3) is 0.455. The van der Waals surface area contributed by atoms with Crippen molar-refractivity contribution in [1.29, 1.82) is 0 Å². The van der Waals surface area contributed by atoms with E-state index in [2.05, 4.69) is 4.90 Å². The average molecular weight is 247 g/mol. The van der Waals surface area contributed by atoms with Crippen LogP contribution in [0.4, 0.5) is 0 Å². The first kappa shape index (κ1) is 12.8. The number of hydrogen-bond donors (Lipinski definition) is 1. The molecule has 0 aliphatic rings. The molecule has 1 aromatic rings. The molecule has 0 bridgehead atoms. The Morgan fingerprint density at radius 3 is 2.60 bits per heavy atom. The van der Waals surface area contributed by atoms with Gasteiger partial charge < -0.3 is 10.6 Å². The molecule has 0 heterocycles. The first-order valence-electron chi connectivity index (χ1n) is 4.84. The molecular weight excluding hydrogens is 231 g/mol. The van der Waals surface area contributed by atoms with Gasteiger partial charge in [-0.2, -0.15) is 0 Å². The van der Waals surface area contributed by atoms with E-state index in [0.717, 1.165) is 18.5 Å². The van der Waals surface area contributed by atoms with Gasteiger partial charge in [0, 0.05) is 12.6 Å². The maximum absolute atomic E-state index is 6.07. The van der Waals surface area contributed by atoms with Crippen molar-refractivity contribution in [3.63, 3.8) is 0 Å². The molecule has 0 aliphatic heterocycles. The third-order valence-corrected chi connectivity index (χ3v) is 2.97. The quantitative estimate of drug-likeness (QED) is 0.885. The van der Waals surface area contributed by atoms with Crippen LogP contribution in [0.3, 0.4) is 0 Å². The molecule has 0 radical (unpaired) electrons. The van der Waals surface area contributed by atoms with Crippen LogP contribution in [0.25, 0.3) is 0 Å². The van der Waals surface area contributed by atoms with Gasteiger partial charge >= 0.3 is 0 Å². The third kappa shape index (κ3) is 3.99. The molecule has 1 atom stereocenters. The van der Waals surface area contributed by atoms with Crippen LogP contribution in [0.2, 0.25) is 10.0 Å². The van der Waals surface area contributed by atoms with Crippen molar-refractivity contribution in [1.82, 2.24) is 4.90 Å². The van der Waals surface area contributed by atoms with Gasteiger partial charge in [0.1, 0.15) is 0 Å². The van der Waals surface area contributed by atoms with Crippen LogP contribution in [0.5, 0.6) is 0 Å². The first-order valence-corrected chi connectivity index (χ1v) is 5.59. The van der Waals surface area contributed by atoms with Gasteiger partial charge in [0.15, 0.2) is 0 Å². The van der Waals surface area contributed by atoms with Gasteiger partial charge in [-0.25, -0.2) is 0 Å². The van der Waals surface area contributed by atoms with Gasteiger partial charge in [-0.05, 0) is 32.1 Å². The summed E-state index contributed by atoms with van der Waals surface area (Å²) in [6.45, 7) is 0.836. The van der Waals surface area contributed by atoms with Crippen LogP contribution < -0.4 is 5.73 Å². The van der Waals surface area contributed by atoms with Gasteiger partial charge in [0.25, 0.3) is 0 Å². The number of hydrogen-bond acceptors (Lipinski definition) is 2. The standard InChI is InChI=1S/C11H16Cl2N2/c1-15(2)7-9(14)6-8-4-3-5-10(12)11(8)13/h3-5,9H,6-7,14H2,1-2H3. The van der Waals surface area contributed by atoms with E-state index in [4.69, 9.17) is 28.9 Å². The lowest BCUT2D eigenvalue weighted by Crippen LogP contribution is -2.34. The number of likely N-dealkylation sites (N-methyl/N-ethyl adjacent to an activating group) is 1. The lowest BCUT2D eigenvalue weighted by atomic mass is 10.1. The minimum Gasteiger partial charge on any atom is -0.326 e. The van der Waals surface area contributed by atoms with E-state index in [0.29, 0.717) is 10.0 Å². The maximum Gasteiger partial charge on any atom is 0.0624 e. The summed E-state index contributed by atoms with van der Waals surface area (Å²) in [5.74, 6) is 0. The average Bonchev–Trinajstić information content (AvgIpc) is 2.11. The Morgan fingerprint density at radius 1 is 1.33 bits per heavy atom. The predicted molar refractivity (Wildman–Crippen MR) is 66.7 cm³/mol. The first-order chi connectivity index (χ1) is 7.00. The molecule has 2 nitrogen and oxygen atoms in total. The van der Waals surface area contributed by atoms with E-state index in [1.165, 1.54) is 0 Å². The smallest absolute Gasteiger partial charge is 0.0624 e. The van der Waals surface area contributed by atoms with Crippen LogP contribution >= 0.6 is 23.2 Å². The van der Waals surface area contributed by atoms with E-state index in [-0.39, 0.29) is 6.04 Å². The minimum absolute atomic E-state index is 0.0796. The maximum atomic E-state index is 6.07. The molecule has 0 amide bonds. The highest BCUT2D eigenvalue weighted by Gasteiger charge is 2.09. The van der Waals surface area contributed by atoms with E-state index >= 15 is 0 Å². The molecule has 2 N–H and O–H groups in total. The fourth-order valence-corrected chi connectivity index (χ4v) is 1.92. The van der Waals surface area contributed by atoms with E-state index in [1.807, 2.05) is 26.2 Å². The summed E-state index contributed by atoms with van der Waals surface area (Å²) < 4.78 is 0. The Kier molecular flexibility index (Phi) is 4.87. The normalized spacial score (nSPS) is 13.2. The zero-order chi connectivity index (χ0) is 11.4. The summed E-state index contributed by atoms with van der Waals surface area (Å²) >= 11 is 12.0. The molecule has 4 heteroatoms. The number of nitrogens with zero attached hydrogens (tertiary/aromatic N) is 1. The monoisotopic (exact) mass is 246 g/mol. The molecule has 0 saturated heterocycles. The van der Waals surface area contributed by atoms with Crippen molar-refractivity contribution in [3.05, 3.63) is 33.8 Å². The molecule has 0 aromatic heterocycles. The number of nitrogens with two attached hydrogens (primary N) is 1. The van der Waals surface area contributed by atoms with Crippen molar-refractivity contribution < 1.29 is 0 Å². The van der Waals surface area contributed by atoms with Gasteiger partial charge in [0.2, 0.25) is 0 Å². The largest absolute Gasteiger partial charge is 0.326 e. The van der Waals surface area contributed by atoms with Crippen LogP contribution in [-0.2, 0) is 6.42 Å². The Bertz CT molecular complexity index is 326. The number of halogens is 2. The second-order valence-electron chi connectivity index (χ2n) is 3.94. The molecule has 0 spiro atoms. The molecule has 1 rings (SSSR count). The predicted octanol–water partition coefficient (Wildman–Crippen LogP) is 2.42. The Morgan fingerprint density at radius 2 is 2.00 bits per heavy atom.